The number of benzene rings is 1. The van der Waals surface area contributed by atoms with Gasteiger partial charge in [0.05, 0.1) is 12.2 Å². The van der Waals surface area contributed by atoms with Crippen LogP contribution in [0.1, 0.15) is 50.4 Å². The summed E-state index contributed by atoms with van der Waals surface area (Å²) in [4.78, 5) is 12.2. The number of carbonyl (C=O) groups is 1. The molecule has 126 valence electrons. The standard InChI is InChI=1S/C18H25NO4/c1-17(2)15-8-9-18(17,3)10-13(15)11-23-16(20)12-4-6-14(7-5-12)19(21)22/h4-7,13,15,19,21H,8-11H2,1-3H3/t13-,15-,18+/m1/s1. The van der Waals surface area contributed by atoms with Crippen molar-refractivity contribution in [2.75, 3.05) is 6.61 Å². The molecule has 2 saturated carbocycles. The Kier molecular flexibility index (Phi) is 3.99. The minimum Gasteiger partial charge on any atom is -0.595 e. The van der Waals surface area contributed by atoms with Crippen molar-refractivity contribution in [3.63, 3.8) is 0 Å². The van der Waals surface area contributed by atoms with E-state index in [1.165, 1.54) is 37.1 Å². The highest BCUT2D eigenvalue weighted by Gasteiger charge is 2.60. The smallest absolute Gasteiger partial charge is 0.338 e. The molecule has 0 saturated heterocycles. The van der Waals surface area contributed by atoms with Gasteiger partial charge in [0.2, 0.25) is 0 Å². The monoisotopic (exact) mass is 319 g/mol. The number of carbonyl (C=O) groups excluding carboxylic acids is 1. The van der Waals surface area contributed by atoms with Crippen LogP contribution in [-0.4, -0.2) is 17.8 Å². The van der Waals surface area contributed by atoms with Crippen molar-refractivity contribution in [2.45, 2.75) is 40.0 Å². The van der Waals surface area contributed by atoms with E-state index in [0.717, 1.165) is 6.42 Å². The van der Waals surface area contributed by atoms with Crippen LogP contribution >= 0.6 is 0 Å². The van der Waals surface area contributed by atoms with Crippen LogP contribution in [0.5, 0.6) is 0 Å². The number of fused-ring (bicyclic) bond motifs is 2. The van der Waals surface area contributed by atoms with Gasteiger partial charge in [0.15, 0.2) is 5.69 Å². The molecule has 0 radical (unpaired) electrons. The first kappa shape index (κ1) is 16.4. The summed E-state index contributed by atoms with van der Waals surface area (Å²) in [7, 11) is 0. The molecule has 1 unspecified atom stereocenters. The molecule has 5 nitrogen and oxygen atoms in total. The van der Waals surface area contributed by atoms with Crippen LogP contribution in [0.15, 0.2) is 24.3 Å². The van der Waals surface area contributed by atoms with E-state index in [-0.39, 0.29) is 11.7 Å². The average molecular weight is 319 g/mol. The number of hydrogen-bond acceptors (Lipinski definition) is 4. The number of ether oxygens (including phenoxy) is 1. The van der Waals surface area contributed by atoms with Gasteiger partial charge in [0, 0.05) is 12.1 Å². The molecule has 2 aliphatic carbocycles. The molecule has 0 amide bonds. The second-order valence-corrected chi connectivity index (χ2v) is 7.87. The Bertz CT molecular complexity index is 593. The lowest BCUT2D eigenvalue weighted by Gasteiger charge is -2.34. The van der Waals surface area contributed by atoms with Crippen molar-refractivity contribution in [1.82, 2.24) is 0 Å². The van der Waals surface area contributed by atoms with Crippen molar-refractivity contribution in [3.8, 4) is 0 Å². The van der Waals surface area contributed by atoms with Crippen molar-refractivity contribution in [1.29, 1.82) is 0 Å². The summed E-state index contributed by atoms with van der Waals surface area (Å²) in [5.74, 6) is 0.688. The second-order valence-electron chi connectivity index (χ2n) is 7.87. The zero-order chi connectivity index (χ0) is 16.8. The van der Waals surface area contributed by atoms with E-state index >= 15 is 0 Å². The maximum Gasteiger partial charge on any atom is 0.338 e. The van der Waals surface area contributed by atoms with E-state index in [4.69, 9.17) is 9.94 Å². The third kappa shape index (κ3) is 2.67. The quantitative estimate of drug-likeness (QED) is 0.661. The van der Waals surface area contributed by atoms with Gasteiger partial charge in [0.25, 0.3) is 0 Å². The summed E-state index contributed by atoms with van der Waals surface area (Å²) in [5.41, 5.74) is 1.25. The third-order valence-electron chi connectivity index (χ3n) is 6.57. The van der Waals surface area contributed by atoms with Gasteiger partial charge in [-0.1, -0.05) is 20.8 Å². The molecular weight excluding hydrogens is 294 g/mol. The number of rotatable bonds is 4. The Balaban J connectivity index is 1.60. The van der Waals surface area contributed by atoms with Gasteiger partial charge in [-0.15, -0.1) is 0 Å². The number of esters is 1. The first-order valence-corrected chi connectivity index (χ1v) is 8.25. The van der Waals surface area contributed by atoms with Crippen LogP contribution in [0.3, 0.4) is 0 Å². The molecular formula is C18H25NO4. The molecule has 2 aliphatic rings. The van der Waals surface area contributed by atoms with Gasteiger partial charge in [0.1, 0.15) is 0 Å². The van der Waals surface area contributed by atoms with E-state index in [1.54, 1.807) is 0 Å². The van der Waals surface area contributed by atoms with Crippen LogP contribution < -0.4 is 5.23 Å². The Morgan fingerprint density at radius 3 is 2.48 bits per heavy atom. The average Bonchev–Trinajstić information content (AvgIpc) is 2.85. The molecule has 0 aromatic heterocycles. The predicted molar refractivity (Wildman–Crippen MR) is 85.2 cm³/mol. The zero-order valence-corrected chi connectivity index (χ0v) is 14.0. The first-order chi connectivity index (χ1) is 10.7. The predicted octanol–water partition coefficient (Wildman–Crippen LogP) is 2.71. The first-order valence-electron chi connectivity index (χ1n) is 8.25. The zero-order valence-electron chi connectivity index (χ0n) is 14.0. The molecule has 3 rings (SSSR count). The summed E-state index contributed by atoms with van der Waals surface area (Å²) in [6.45, 7) is 7.51. The molecule has 1 aromatic carbocycles. The molecule has 1 aromatic rings. The van der Waals surface area contributed by atoms with Gasteiger partial charge >= 0.3 is 5.97 Å². The van der Waals surface area contributed by atoms with Crippen LogP contribution in [0.4, 0.5) is 5.69 Å². The Morgan fingerprint density at radius 2 is 2.00 bits per heavy atom. The highest BCUT2D eigenvalue weighted by molar-refractivity contribution is 5.89. The third-order valence-corrected chi connectivity index (χ3v) is 6.57. The minimum absolute atomic E-state index is 0.171. The Morgan fingerprint density at radius 1 is 1.35 bits per heavy atom. The molecule has 2 N–H and O–H groups in total. The van der Waals surface area contributed by atoms with Gasteiger partial charge in [-0.05, 0) is 54.1 Å². The molecule has 5 heteroatoms. The van der Waals surface area contributed by atoms with Crippen molar-refractivity contribution >= 4 is 11.7 Å². The summed E-state index contributed by atoms with van der Waals surface area (Å²) in [5, 5.41) is 18.7. The highest BCUT2D eigenvalue weighted by Crippen LogP contribution is 2.67. The normalized spacial score (nSPS) is 32.7. The Labute approximate surface area is 136 Å². The van der Waals surface area contributed by atoms with Gasteiger partial charge in [-0.3, -0.25) is 0 Å². The number of hydrogen-bond donors (Lipinski definition) is 2. The highest BCUT2D eigenvalue weighted by atomic mass is 16.8. The summed E-state index contributed by atoms with van der Waals surface area (Å²) >= 11 is 0. The lowest BCUT2D eigenvalue weighted by atomic mass is 9.71. The van der Waals surface area contributed by atoms with E-state index in [2.05, 4.69) is 20.8 Å². The van der Waals surface area contributed by atoms with Gasteiger partial charge in [-0.25, -0.2) is 10.0 Å². The fourth-order valence-electron chi connectivity index (χ4n) is 4.71. The van der Waals surface area contributed by atoms with Crippen molar-refractivity contribution < 1.29 is 20.0 Å². The fraction of sp³-hybridized carbons (Fsp3) is 0.611. The maximum absolute atomic E-state index is 12.2. The summed E-state index contributed by atoms with van der Waals surface area (Å²) in [6, 6.07) is 5.89. The van der Waals surface area contributed by atoms with Crippen LogP contribution in [0.25, 0.3) is 0 Å². The van der Waals surface area contributed by atoms with Gasteiger partial charge in [-0.2, -0.15) is 5.23 Å². The maximum atomic E-state index is 12.2. The Hall–Kier alpha value is -1.43. The van der Waals surface area contributed by atoms with E-state index < -0.39 is 5.23 Å². The topological polar surface area (TPSA) is 74.0 Å². The second kappa shape index (κ2) is 5.58. The molecule has 2 bridgehead atoms. The molecule has 0 heterocycles. The van der Waals surface area contributed by atoms with Crippen molar-refractivity contribution in [3.05, 3.63) is 35.0 Å². The fourth-order valence-corrected chi connectivity index (χ4v) is 4.71. The summed E-state index contributed by atoms with van der Waals surface area (Å²) < 4.78 is 5.52. The number of quaternary nitrogens is 1. The molecule has 2 fully saturated rings. The number of nitrogens with one attached hydrogen (secondary N) is 1. The molecule has 23 heavy (non-hydrogen) atoms. The van der Waals surface area contributed by atoms with E-state index in [1.807, 2.05) is 0 Å². The van der Waals surface area contributed by atoms with E-state index in [0.29, 0.717) is 34.8 Å². The lowest BCUT2D eigenvalue weighted by Crippen LogP contribution is -2.99. The van der Waals surface area contributed by atoms with E-state index in [9.17, 15) is 10.0 Å². The van der Waals surface area contributed by atoms with Crippen LogP contribution in [-0.2, 0) is 4.74 Å². The molecule has 0 spiro atoms. The van der Waals surface area contributed by atoms with Crippen LogP contribution in [0, 0.1) is 27.9 Å². The minimum atomic E-state index is -0.998. The van der Waals surface area contributed by atoms with Gasteiger partial charge < -0.3 is 9.94 Å². The molecule has 0 aliphatic heterocycles. The largest absolute Gasteiger partial charge is 0.595 e. The summed E-state index contributed by atoms with van der Waals surface area (Å²) in [6.07, 6.45) is 3.61. The SMILES string of the molecule is CC1(C)[C@@H]2CC[C@@]1(C)C[C@@H]2COC(=O)c1ccc([NH+]([O-])O)cc1. The van der Waals surface area contributed by atoms with Crippen LogP contribution in [0.2, 0.25) is 0 Å². The molecule has 4 atom stereocenters. The lowest BCUT2D eigenvalue weighted by molar-refractivity contribution is -0.991. The van der Waals surface area contributed by atoms with Crippen molar-refractivity contribution in [2.24, 2.45) is 22.7 Å².